The molecule has 2 N–H and O–H groups in total. The average Bonchev–Trinajstić information content (AvgIpc) is 2.71. The second kappa shape index (κ2) is 7.55. The highest BCUT2D eigenvalue weighted by molar-refractivity contribution is 5.56. The molecule has 0 bridgehead atoms. The molecule has 0 radical (unpaired) electrons. The molecular weight excluding hydrogens is 328 g/mol. The van der Waals surface area contributed by atoms with Crippen molar-refractivity contribution >= 4 is 11.4 Å². The summed E-state index contributed by atoms with van der Waals surface area (Å²) in [5, 5.41) is 7.36. The third kappa shape index (κ3) is 3.95. The van der Waals surface area contributed by atoms with Crippen molar-refractivity contribution in [2.45, 2.75) is 18.9 Å². The van der Waals surface area contributed by atoms with Crippen molar-refractivity contribution < 1.29 is 0 Å². The predicted octanol–water partition coefficient (Wildman–Crippen LogP) is 6.26. The van der Waals surface area contributed by atoms with Gasteiger partial charge in [0, 0.05) is 23.5 Å². The minimum atomic E-state index is -0.287. The van der Waals surface area contributed by atoms with Crippen LogP contribution in [0.5, 0.6) is 0 Å². The van der Waals surface area contributed by atoms with E-state index in [1.807, 2.05) is 6.07 Å². The van der Waals surface area contributed by atoms with Gasteiger partial charge in [0.25, 0.3) is 0 Å². The van der Waals surface area contributed by atoms with Crippen molar-refractivity contribution in [2.24, 2.45) is 0 Å². The van der Waals surface area contributed by atoms with Crippen molar-refractivity contribution in [3.63, 3.8) is 0 Å². The minimum Gasteiger partial charge on any atom is -0.372 e. The fourth-order valence-corrected chi connectivity index (χ4v) is 3.53. The summed E-state index contributed by atoms with van der Waals surface area (Å²) in [6.45, 7) is 2.11. The molecule has 3 aromatic rings. The van der Waals surface area contributed by atoms with Crippen LogP contribution in [-0.4, -0.2) is 0 Å². The highest BCUT2D eigenvalue weighted by atomic mass is 15.0. The van der Waals surface area contributed by atoms with Gasteiger partial charge in [0.15, 0.2) is 0 Å². The lowest BCUT2D eigenvalue weighted by Gasteiger charge is -2.36. The SMILES string of the molecule is Cc1ccc(NC2=CC=CC(Nc3ccccc3)(c3ccccc3)C2)cc1. The first-order valence-corrected chi connectivity index (χ1v) is 9.34. The number of para-hydroxylation sites is 1. The smallest absolute Gasteiger partial charge is 0.0867 e. The number of nitrogens with one attached hydrogen (secondary N) is 2. The number of anilines is 2. The predicted molar refractivity (Wildman–Crippen MR) is 115 cm³/mol. The second-order valence-corrected chi connectivity index (χ2v) is 7.05. The molecule has 0 spiro atoms. The maximum atomic E-state index is 3.77. The molecule has 1 unspecified atom stereocenters. The van der Waals surface area contributed by atoms with Crippen LogP contribution in [0.15, 0.2) is 109 Å². The lowest BCUT2D eigenvalue weighted by atomic mass is 9.82. The first-order chi connectivity index (χ1) is 13.2. The summed E-state index contributed by atoms with van der Waals surface area (Å²) in [5.74, 6) is 0. The standard InChI is InChI=1S/C25H24N2/c1-20-14-16-22(17-15-20)26-24-13-8-18-25(19-24,21-9-4-2-5-10-21)27-23-11-6-3-7-12-23/h2-18,26-27H,19H2,1H3. The van der Waals surface area contributed by atoms with Gasteiger partial charge < -0.3 is 10.6 Å². The molecule has 0 saturated carbocycles. The fourth-order valence-electron chi connectivity index (χ4n) is 3.53. The monoisotopic (exact) mass is 352 g/mol. The van der Waals surface area contributed by atoms with E-state index in [2.05, 4.69) is 115 Å². The van der Waals surface area contributed by atoms with Gasteiger partial charge in [-0.15, -0.1) is 0 Å². The molecule has 0 aliphatic heterocycles. The van der Waals surface area contributed by atoms with Crippen LogP contribution in [-0.2, 0) is 5.54 Å². The normalized spacial score (nSPS) is 18.6. The van der Waals surface area contributed by atoms with Crippen LogP contribution in [0.3, 0.4) is 0 Å². The number of benzene rings is 3. The van der Waals surface area contributed by atoms with Crippen LogP contribution in [0.2, 0.25) is 0 Å². The molecule has 2 heteroatoms. The summed E-state index contributed by atoms with van der Waals surface area (Å²) in [6.07, 6.45) is 7.41. The van der Waals surface area contributed by atoms with Gasteiger partial charge in [0.2, 0.25) is 0 Å². The third-order valence-electron chi connectivity index (χ3n) is 4.93. The Morgan fingerprint density at radius 2 is 1.41 bits per heavy atom. The Morgan fingerprint density at radius 3 is 2.11 bits per heavy atom. The number of hydrogen-bond acceptors (Lipinski definition) is 2. The third-order valence-corrected chi connectivity index (χ3v) is 4.93. The molecule has 134 valence electrons. The van der Waals surface area contributed by atoms with Gasteiger partial charge in [-0.2, -0.15) is 0 Å². The van der Waals surface area contributed by atoms with Gasteiger partial charge in [0.05, 0.1) is 5.54 Å². The Hall–Kier alpha value is -3.26. The maximum Gasteiger partial charge on any atom is 0.0867 e. The summed E-state index contributed by atoms with van der Waals surface area (Å²) in [6, 6.07) is 29.6. The largest absolute Gasteiger partial charge is 0.372 e. The van der Waals surface area contributed by atoms with Crippen molar-refractivity contribution in [1.29, 1.82) is 0 Å². The zero-order chi connectivity index (χ0) is 18.5. The van der Waals surface area contributed by atoms with E-state index < -0.39 is 0 Å². The Bertz CT molecular complexity index is 941. The summed E-state index contributed by atoms with van der Waals surface area (Å²) < 4.78 is 0. The van der Waals surface area contributed by atoms with Crippen molar-refractivity contribution in [1.82, 2.24) is 0 Å². The summed E-state index contributed by atoms with van der Waals surface area (Å²) >= 11 is 0. The lowest BCUT2D eigenvalue weighted by Crippen LogP contribution is -2.36. The molecular formula is C25H24N2. The Balaban J connectivity index is 1.64. The molecule has 1 aliphatic carbocycles. The second-order valence-electron chi connectivity index (χ2n) is 7.05. The highest BCUT2D eigenvalue weighted by Gasteiger charge is 2.32. The molecule has 0 fully saturated rings. The van der Waals surface area contributed by atoms with Crippen LogP contribution in [0, 0.1) is 6.92 Å². The van der Waals surface area contributed by atoms with Crippen molar-refractivity contribution in [3.8, 4) is 0 Å². The van der Waals surface area contributed by atoms with Crippen LogP contribution in [0.25, 0.3) is 0 Å². The van der Waals surface area contributed by atoms with Gasteiger partial charge in [-0.1, -0.05) is 78.4 Å². The van der Waals surface area contributed by atoms with Crippen molar-refractivity contribution in [2.75, 3.05) is 10.6 Å². The summed E-state index contributed by atoms with van der Waals surface area (Å²) in [5.41, 5.74) is 5.65. The van der Waals surface area contributed by atoms with E-state index in [0.717, 1.165) is 17.8 Å². The molecule has 2 nitrogen and oxygen atoms in total. The zero-order valence-corrected chi connectivity index (χ0v) is 15.5. The maximum absolute atomic E-state index is 3.77. The van der Waals surface area contributed by atoms with Crippen LogP contribution < -0.4 is 10.6 Å². The zero-order valence-electron chi connectivity index (χ0n) is 15.5. The molecule has 0 saturated heterocycles. The van der Waals surface area contributed by atoms with Crippen molar-refractivity contribution in [3.05, 3.63) is 120 Å². The summed E-state index contributed by atoms with van der Waals surface area (Å²) in [4.78, 5) is 0. The van der Waals surface area contributed by atoms with Gasteiger partial charge in [-0.25, -0.2) is 0 Å². The van der Waals surface area contributed by atoms with Gasteiger partial charge >= 0.3 is 0 Å². The van der Waals surface area contributed by atoms with E-state index >= 15 is 0 Å². The van der Waals surface area contributed by atoms with E-state index in [4.69, 9.17) is 0 Å². The molecule has 0 amide bonds. The fraction of sp³-hybridized carbons (Fsp3) is 0.120. The van der Waals surface area contributed by atoms with E-state index in [1.165, 1.54) is 16.8 Å². The van der Waals surface area contributed by atoms with Crippen LogP contribution in [0.4, 0.5) is 11.4 Å². The van der Waals surface area contributed by atoms with Gasteiger partial charge in [0.1, 0.15) is 0 Å². The minimum absolute atomic E-state index is 0.287. The Labute approximate surface area is 161 Å². The topological polar surface area (TPSA) is 24.1 Å². The molecule has 27 heavy (non-hydrogen) atoms. The van der Waals surface area contributed by atoms with Crippen LogP contribution >= 0.6 is 0 Å². The first-order valence-electron chi connectivity index (χ1n) is 9.34. The highest BCUT2D eigenvalue weighted by Crippen LogP contribution is 2.37. The Morgan fingerprint density at radius 1 is 0.741 bits per heavy atom. The average molecular weight is 352 g/mol. The molecule has 0 heterocycles. The number of allylic oxidation sites excluding steroid dienone is 2. The van der Waals surface area contributed by atoms with Gasteiger partial charge in [-0.3, -0.25) is 0 Å². The van der Waals surface area contributed by atoms with E-state index in [1.54, 1.807) is 0 Å². The van der Waals surface area contributed by atoms with Crippen LogP contribution in [0.1, 0.15) is 17.5 Å². The lowest BCUT2D eigenvalue weighted by molar-refractivity contribution is 0.600. The molecule has 3 aromatic carbocycles. The molecule has 1 atom stereocenters. The number of aryl methyl sites for hydroxylation is 1. The van der Waals surface area contributed by atoms with Gasteiger partial charge in [-0.05, 0) is 42.8 Å². The van der Waals surface area contributed by atoms with E-state index in [9.17, 15) is 0 Å². The first kappa shape index (κ1) is 17.2. The molecule has 4 rings (SSSR count). The molecule has 1 aliphatic rings. The number of rotatable bonds is 5. The Kier molecular flexibility index (Phi) is 4.80. The number of hydrogen-bond donors (Lipinski definition) is 2. The van der Waals surface area contributed by atoms with E-state index in [0.29, 0.717) is 0 Å². The quantitative estimate of drug-likeness (QED) is 0.566. The summed E-state index contributed by atoms with van der Waals surface area (Å²) in [7, 11) is 0. The van der Waals surface area contributed by atoms with E-state index in [-0.39, 0.29) is 5.54 Å². The molecule has 0 aromatic heterocycles.